The first kappa shape index (κ1) is 63.6. The highest BCUT2D eigenvalue weighted by Crippen LogP contribution is 2.43. The molecule has 15 nitrogen and oxygen atoms in total. The maximum absolute atomic E-state index is 6.32. The number of ether oxygens (including phenoxy) is 1. The molecule has 0 bridgehead atoms. The van der Waals surface area contributed by atoms with Crippen molar-refractivity contribution >= 4 is 144 Å². The van der Waals surface area contributed by atoms with Gasteiger partial charge in [0.2, 0.25) is 5.28 Å². The average molecular weight is 1350 g/mol. The Morgan fingerprint density at radius 2 is 0.730 bits per heavy atom. The third-order valence-electron chi connectivity index (χ3n) is 18.6. The van der Waals surface area contributed by atoms with Crippen LogP contribution in [0.25, 0.3) is 166 Å². The average Bonchev–Trinajstić information content (AvgIpc) is 1.61. The van der Waals surface area contributed by atoms with Crippen LogP contribution < -0.4 is 5.46 Å². The van der Waals surface area contributed by atoms with Crippen molar-refractivity contribution in [2.75, 3.05) is 13.2 Å². The second-order valence-electron chi connectivity index (χ2n) is 25.4. The van der Waals surface area contributed by atoms with Gasteiger partial charge >= 0.3 is 7.12 Å². The SMILES string of the molecule is C1CCOC1.CC1(C)OB(c2cccc3oc4cc5ncccc5cc4c23)OC1(C)C.Clc1nc(-c2ccccc2)nc(-c2cccc3oc4ccccc4c23)n1.P.c1ccc(-c2nc(-c3cccc4oc5ccccc5c34)nc(-c3cccc4oc5cc6ncccc6cc5c34)n2)cc1. The molecule has 488 valence electrons. The number of furan rings is 4. The zero-order valence-corrected chi connectivity index (χ0v) is 57.2. The molecular formula is C82H63BClN8O7P. The van der Waals surface area contributed by atoms with E-state index in [9.17, 15) is 0 Å². The minimum Gasteiger partial charge on any atom is -0.456 e. The van der Waals surface area contributed by atoms with Gasteiger partial charge in [0.05, 0.1) is 22.2 Å². The van der Waals surface area contributed by atoms with Gasteiger partial charge < -0.3 is 31.7 Å². The van der Waals surface area contributed by atoms with Crippen molar-refractivity contribution in [3.63, 3.8) is 0 Å². The summed E-state index contributed by atoms with van der Waals surface area (Å²) in [5, 5.41) is 10.4. The number of hydrogen-bond acceptors (Lipinski definition) is 15. The van der Waals surface area contributed by atoms with E-state index >= 15 is 0 Å². The monoisotopic (exact) mass is 1350 g/mol. The predicted octanol–water partition coefficient (Wildman–Crippen LogP) is 20.3. The summed E-state index contributed by atoms with van der Waals surface area (Å²) < 4.78 is 42.1. The van der Waals surface area contributed by atoms with Crippen LogP contribution in [0.5, 0.6) is 0 Å². The summed E-state index contributed by atoms with van der Waals surface area (Å²) in [5.74, 6) is 2.82. The molecule has 20 rings (SSSR count). The third-order valence-corrected chi connectivity index (χ3v) is 18.8. The molecule has 18 aromatic rings. The molecule has 2 aliphatic rings. The largest absolute Gasteiger partial charge is 0.495 e. The number of benzene rings is 10. The maximum atomic E-state index is 6.32. The summed E-state index contributed by atoms with van der Waals surface area (Å²) in [5.41, 5.74) is 12.9. The van der Waals surface area contributed by atoms with Gasteiger partial charge in [0.25, 0.3) is 0 Å². The zero-order valence-electron chi connectivity index (χ0n) is 55.0. The lowest BCUT2D eigenvalue weighted by Crippen LogP contribution is -2.41. The lowest BCUT2D eigenvalue weighted by atomic mass is 9.76. The van der Waals surface area contributed by atoms with Crippen LogP contribution in [0.2, 0.25) is 5.28 Å². The standard InChI is InChI=1S/C36H20N4O2.C21H20BNO3.C21H12ClN3O.C4H8O.H3P/c1-2-9-21(10-3-1)34-38-35(24-13-6-16-29-32(24)23-12-4-5-15-28(23)41-29)40-36(39-34)25-14-7-17-30-33(25)26-19-22-11-8-18-37-27(22)20-31(26)42-30;1-20(2)21(3,4)26-22(25-20)15-8-5-9-17-19(15)14-11-13-7-6-10-23-16(13)12-18(14)24-17;22-21-24-19(13-7-2-1-3-8-13)23-20(25-21)15-10-6-12-17-18(15)14-9-4-5-11-16(14)26-17;1-2-4-5-3-1;/h1-20H;5-12H,1-4H3;1-12H;1-4H2;1H3. The van der Waals surface area contributed by atoms with E-state index in [1.54, 1.807) is 12.4 Å². The Morgan fingerprint density at radius 3 is 1.21 bits per heavy atom. The molecular weight excluding hydrogens is 1290 g/mol. The molecule has 0 N–H and O–H groups in total. The molecule has 0 radical (unpaired) electrons. The fourth-order valence-electron chi connectivity index (χ4n) is 13.1. The number of pyridine rings is 2. The highest BCUT2D eigenvalue weighted by molar-refractivity contribution is 6.92. The second kappa shape index (κ2) is 26.3. The number of hydrogen-bond donors (Lipinski definition) is 0. The Morgan fingerprint density at radius 1 is 0.350 bits per heavy atom. The predicted molar refractivity (Wildman–Crippen MR) is 405 cm³/mol. The van der Waals surface area contributed by atoms with Gasteiger partial charge in [-0.25, -0.2) is 19.9 Å². The number of aromatic nitrogens is 8. The van der Waals surface area contributed by atoms with E-state index in [2.05, 4.69) is 89.0 Å². The molecule has 8 aromatic heterocycles. The van der Waals surface area contributed by atoms with Crippen LogP contribution >= 0.6 is 21.5 Å². The molecule has 0 spiro atoms. The fourth-order valence-corrected chi connectivity index (χ4v) is 13.3. The molecule has 1 unspecified atom stereocenters. The van der Waals surface area contributed by atoms with E-state index in [4.69, 9.17) is 58.3 Å². The van der Waals surface area contributed by atoms with Gasteiger partial charge in [-0.2, -0.15) is 19.9 Å². The van der Waals surface area contributed by atoms with Crippen LogP contribution in [-0.2, 0) is 14.0 Å². The first-order valence-electron chi connectivity index (χ1n) is 32.9. The second-order valence-corrected chi connectivity index (χ2v) is 25.8. The summed E-state index contributed by atoms with van der Waals surface area (Å²) in [7, 11) is -0.422. The Balaban J connectivity index is 0.000000117. The molecule has 10 heterocycles. The summed E-state index contributed by atoms with van der Waals surface area (Å²) in [4.78, 5) is 37.4. The number of para-hydroxylation sites is 2. The zero-order chi connectivity index (χ0) is 66.8. The summed E-state index contributed by atoms with van der Waals surface area (Å²) in [6.07, 6.45) is 6.15. The van der Waals surface area contributed by atoms with E-state index < -0.39 is 7.12 Å². The van der Waals surface area contributed by atoms with Crippen LogP contribution in [0.4, 0.5) is 0 Å². The molecule has 2 fully saturated rings. The Hall–Kier alpha value is -11.1. The molecule has 10 aromatic carbocycles. The van der Waals surface area contributed by atoms with Gasteiger partial charge in [-0.05, 0) is 118 Å². The van der Waals surface area contributed by atoms with Crippen LogP contribution in [-0.4, -0.2) is 71.4 Å². The van der Waals surface area contributed by atoms with Crippen molar-refractivity contribution < 1.29 is 31.7 Å². The van der Waals surface area contributed by atoms with Gasteiger partial charge in [0.1, 0.15) is 44.7 Å². The van der Waals surface area contributed by atoms with E-state index in [1.165, 1.54) is 12.8 Å². The topological polar surface area (TPSA) is 183 Å². The molecule has 100 heavy (non-hydrogen) atoms. The molecule has 0 amide bonds. The van der Waals surface area contributed by atoms with Gasteiger partial charge in [-0.15, -0.1) is 0 Å². The number of fused-ring (bicyclic) bond motifs is 14. The maximum Gasteiger partial charge on any atom is 0.495 e. The van der Waals surface area contributed by atoms with Crippen molar-refractivity contribution in [2.24, 2.45) is 0 Å². The van der Waals surface area contributed by atoms with Gasteiger partial charge in [-0.1, -0.05) is 158 Å². The Labute approximate surface area is 582 Å². The van der Waals surface area contributed by atoms with E-state index in [1.807, 2.05) is 194 Å². The van der Waals surface area contributed by atoms with Crippen LogP contribution in [0, 0.1) is 0 Å². The quantitative estimate of drug-likeness (QED) is 0.113. The van der Waals surface area contributed by atoms with Crippen molar-refractivity contribution in [3.05, 3.63) is 248 Å². The lowest BCUT2D eigenvalue weighted by Gasteiger charge is -2.32. The summed E-state index contributed by atoms with van der Waals surface area (Å²) in [6.45, 7) is 10.3. The van der Waals surface area contributed by atoms with Gasteiger partial charge in [-0.3, -0.25) is 9.97 Å². The molecule has 2 saturated heterocycles. The highest BCUT2D eigenvalue weighted by Gasteiger charge is 2.52. The van der Waals surface area contributed by atoms with Crippen molar-refractivity contribution in [3.8, 4) is 56.9 Å². The van der Waals surface area contributed by atoms with Crippen molar-refractivity contribution in [1.82, 2.24) is 39.9 Å². The Bertz CT molecular complexity index is 6100. The van der Waals surface area contributed by atoms with Gasteiger partial charge in [0.15, 0.2) is 29.1 Å². The van der Waals surface area contributed by atoms with Crippen molar-refractivity contribution in [2.45, 2.75) is 51.7 Å². The molecule has 1 atom stereocenters. The highest BCUT2D eigenvalue weighted by atomic mass is 35.5. The normalized spacial score (nSPS) is 14.0. The number of nitrogens with zero attached hydrogens (tertiary/aromatic N) is 8. The fraction of sp³-hybridized carbons (Fsp3) is 0.122. The molecule has 0 aliphatic carbocycles. The summed E-state index contributed by atoms with van der Waals surface area (Å²) >= 11 is 6.21. The molecule has 0 saturated carbocycles. The lowest BCUT2D eigenvalue weighted by molar-refractivity contribution is 0.00578. The smallest absolute Gasteiger partial charge is 0.456 e. The third kappa shape index (κ3) is 11.8. The first-order chi connectivity index (χ1) is 48.4. The minimum atomic E-state index is -0.422. The molecule has 18 heteroatoms. The van der Waals surface area contributed by atoms with E-state index in [-0.39, 0.29) is 26.4 Å². The van der Waals surface area contributed by atoms with Crippen LogP contribution in [0.1, 0.15) is 40.5 Å². The van der Waals surface area contributed by atoms with E-state index in [0.717, 1.165) is 156 Å². The molecule has 2 aliphatic heterocycles. The first-order valence-corrected chi connectivity index (χ1v) is 33.3. The van der Waals surface area contributed by atoms with Crippen LogP contribution in [0.3, 0.4) is 0 Å². The minimum absolute atomic E-state index is 0. The van der Waals surface area contributed by atoms with Crippen molar-refractivity contribution in [1.29, 1.82) is 0 Å². The summed E-state index contributed by atoms with van der Waals surface area (Å²) in [6, 6.07) is 75.9. The van der Waals surface area contributed by atoms with Crippen LogP contribution in [0.15, 0.2) is 261 Å². The Kier molecular flexibility index (Phi) is 16.7. The number of rotatable bonds is 6. The van der Waals surface area contributed by atoms with E-state index in [0.29, 0.717) is 29.1 Å². The number of halogens is 1. The van der Waals surface area contributed by atoms with Gasteiger partial charge in [0, 0.05) is 119 Å².